The van der Waals surface area contributed by atoms with Crippen molar-refractivity contribution < 1.29 is 14.7 Å². The summed E-state index contributed by atoms with van der Waals surface area (Å²) in [5, 5.41) is 14.8. The molecule has 1 aromatic carbocycles. The average molecular weight is 378 g/mol. The maximum atomic E-state index is 12.0. The van der Waals surface area contributed by atoms with E-state index >= 15 is 0 Å². The maximum absolute atomic E-state index is 12.0. The van der Waals surface area contributed by atoms with Crippen molar-refractivity contribution in [2.24, 2.45) is 0 Å². The zero-order valence-electron chi connectivity index (χ0n) is 12.2. The van der Waals surface area contributed by atoms with Crippen LogP contribution in [0.2, 0.25) is 0 Å². The number of nitrogens with one attached hydrogen (secondary N) is 2. The second-order valence-electron chi connectivity index (χ2n) is 4.89. The lowest BCUT2D eigenvalue weighted by Crippen LogP contribution is -2.39. The highest BCUT2D eigenvalue weighted by atomic mass is 79.9. The second-order valence-corrected chi connectivity index (χ2v) is 5.81. The number of amides is 1. The number of benzene rings is 1. The number of halogens is 1. The van der Waals surface area contributed by atoms with Crippen molar-refractivity contribution in [3.63, 3.8) is 0 Å². The summed E-state index contributed by atoms with van der Waals surface area (Å²) < 4.78 is 0.900. The molecule has 0 saturated carbocycles. The van der Waals surface area contributed by atoms with E-state index in [1.54, 1.807) is 42.7 Å². The molecule has 1 heterocycles. The smallest absolute Gasteiger partial charge is 0.321 e. The van der Waals surface area contributed by atoms with Crippen molar-refractivity contribution in [2.45, 2.75) is 19.0 Å². The molecule has 0 radical (unpaired) electrons. The van der Waals surface area contributed by atoms with E-state index in [0.717, 1.165) is 10.0 Å². The van der Waals surface area contributed by atoms with E-state index in [1.807, 2.05) is 6.07 Å². The Labute approximate surface area is 142 Å². The van der Waals surface area contributed by atoms with Crippen LogP contribution in [0.1, 0.15) is 12.0 Å². The summed E-state index contributed by atoms with van der Waals surface area (Å²) in [5.41, 5.74) is 1.47. The molecule has 0 saturated heterocycles. The van der Waals surface area contributed by atoms with E-state index in [1.165, 1.54) is 0 Å². The van der Waals surface area contributed by atoms with E-state index in [-0.39, 0.29) is 12.3 Å². The second kappa shape index (κ2) is 8.40. The lowest BCUT2D eigenvalue weighted by Gasteiger charge is -2.14. The van der Waals surface area contributed by atoms with Gasteiger partial charge in [-0.2, -0.15) is 0 Å². The Hall–Kier alpha value is -2.25. The van der Waals surface area contributed by atoms with Crippen LogP contribution in [0.4, 0.5) is 5.69 Å². The molecule has 23 heavy (non-hydrogen) atoms. The summed E-state index contributed by atoms with van der Waals surface area (Å²) in [6.45, 7) is 0.330. The number of carbonyl (C=O) groups is 2. The summed E-state index contributed by atoms with van der Waals surface area (Å²) in [6, 6.07) is 9.71. The fourth-order valence-electron chi connectivity index (χ4n) is 1.92. The molecule has 120 valence electrons. The Balaban J connectivity index is 1.89. The van der Waals surface area contributed by atoms with E-state index in [4.69, 9.17) is 0 Å². The van der Waals surface area contributed by atoms with Crippen molar-refractivity contribution in [3.8, 4) is 0 Å². The van der Waals surface area contributed by atoms with Crippen molar-refractivity contribution in [1.29, 1.82) is 0 Å². The molecule has 6 nitrogen and oxygen atoms in total. The minimum atomic E-state index is -1.07. The van der Waals surface area contributed by atoms with Crippen LogP contribution < -0.4 is 10.6 Å². The van der Waals surface area contributed by atoms with Crippen molar-refractivity contribution in [2.75, 3.05) is 5.32 Å². The van der Waals surface area contributed by atoms with Crippen molar-refractivity contribution in [1.82, 2.24) is 10.3 Å². The highest BCUT2D eigenvalue weighted by Crippen LogP contribution is 2.14. The first-order chi connectivity index (χ1) is 11.0. The van der Waals surface area contributed by atoms with E-state index in [0.29, 0.717) is 12.2 Å². The Morgan fingerprint density at radius 2 is 1.96 bits per heavy atom. The fourth-order valence-corrected chi connectivity index (χ4v) is 2.19. The number of hydrogen-bond donors (Lipinski definition) is 3. The molecule has 2 aromatic rings. The Kier molecular flexibility index (Phi) is 6.25. The van der Waals surface area contributed by atoms with E-state index in [2.05, 4.69) is 31.5 Å². The van der Waals surface area contributed by atoms with E-state index in [9.17, 15) is 14.7 Å². The maximum Gasteiger partial charge on any atom is 0.321 e. The quantitative estimate of drug-likeness (QED) is 0.688. The number of aliphatic carboxylic acids is 1. The van der Waals surface area contributed by atoms with Crippen LogP contribution in [0.25, 0.3) is 0 Å². The molecule has 0 aliphatic rings. The highest BCUT2D eigenvalue weighted by Gasteiger charge is 2.20. The van der Waals surface area contributed by atoms with E-state index < -0.39 is 12.0 Å². The fraction of sp³-hybridized carbons (Fsp3) is 0.188. The number of carbonyl (C=O) groups excluding carboxylic acids is 1. The van der Waals surface area contributed by atoms with Gasteiger partial charge in [0.05, 0.1) is 6.42 Å². The molecule has 0 unspecified atom stereocenters. The number of carboxylic acids is 1. The largest absolute Gasteiger partial charge is 0.480 e. The summed E-state index contributed by atoms with van der Waals surface area (Å²) in [6.07, 6.45) is 3.13. The molecule has 0 aliphatic carbocycles. The molecule has 1 atom stereocenters. The number of hydrogen-bond acceptors (Lipinski definition) is 4. The van der Waals surface area contributed by atoms with Crippen LogP contribution >= 0.6 is 15.9 Å². The van der Waals surface area contributed by atoms with Gasteiger partial charge >= 0.3 is 5.97 Å². The molecular formula is C16H16BrN3O3. The summed E-state index contributed by atoms with van der Waals surface area (Å²) in [5.74, 6) is -1.43. The van der Waals surface area contributed by atoms with Crippen LogP contribution in [0, 0.1) is 0 Å². The standard InChI is InChI=1S/C16H16BrN3O3/c17-12-3-5-13(6-4-12)20-15(21)8-14(16(22)23)19-10-11-2-1-7-18-9-11/h1-7,9,14,19H,8,10H2,(H,20,21)(H,22,23)/t14-/m1/s1. The van der Waals surface area contributed by atoms with Gasteiger partial charge in [0.25, 0.3) is 0 Å². The van der Waals surface area contributed by atoms with Gasteiger partial charge in [0.1, 0.15) is 6.04 Å². The van der Waals surface area contributed by atoms with Gasteiger partial charge in [-0.15, -0.1) is 0 Å². The average Bonchev–Trinajstić information content (AvgIpc) is 2.54. The summed E-state index contributed by atoms with van der Waals surface area (Å²) >= 11 is 3.31. The Morgan fingerprint density at radius 1 is 1.22 bits per heavy atom. The van der Waals surface area contributed by atoms with Crippen LogP contribution in [-0.2, 0) is 16.1 Å². The van der Waals surface area contributed by atoms with Gasteiger partial charge in [-0.1, -0.05) is 22.0 Å². The predicted molar refractivity (Wildman–Crippen MR) is 89.9 cm³/mol. The normalized spacial score (nSPS) is 11.7. The van der Waals surface area contributed by atoms with Gasteiger partial charge in [0.15, 0.2) is 0 Å². The predicted octanol–water partition coefficient (Wildman–Crippen LogP) is 2.42. The topological polar surface area (TPSA) is 91.3 Å². The van der Waals surface area contributed by atoms with Gasteiger partial charge < -0.3 is 10.4 Å². The van der Waals surface area contributed by atoms with Crippen LogP contribution in [0.3, 0.4) is 0 Å². The summed E-state index contributed by atoms with van der Waals surface area (Å²) in [7, 11) is 0. The van der Waals surface area contributed by atoms with Gasteiger partial charge in [0.2, 0.25) is 5.91 Å². The molecule has 1 amide bonds. The molecule has 3 N–H and O–H groups in total. The lowest BCUT2D eigenvalue weighted by atomic mass is 10.1. The molecule has 0 spiro atoms. The minimum Gasteiger partial charge on any atom is -0.480 e. The third kappa shape index (κ3) is 5.80. The third-order valence-electron chi connectivity index (χ3n) is 3.09. The number of pyridine rings is 1. The van der Waals surface area contributed by atoms with Gasteiger partial charge in [-0.25, -0.2) is 0 Å². The zero-order chi connectivity index (χ0) is 16.7. The molecule has 0 bridgehead atoms. The molecule has 7 heteroatoms. The number of carboxylic acid groups (broad SMARTS) is 1. The molecule has 1 aromatic heterocycles. The number of rotatable bonds is 7. The first kappa shape index (κ1) is 17.1. The van der Waals surface area contributed by atoms with Crippen molar-refractivity contribution in [3.05, 3.63) is 58.8 Å². The number of aromatic nitrogens is 1. The number of anilines is 1. The number of nitrogens with zero attached hydrogens (tertiary/aromatic N) is 1. The third-order valence-corrected chi connectivity index (χ3v) is 3.62. The minimum absolute atomic E-state index is 0.161. The van der Waals surface area contributed by atoms with Gasteiger partial charge in [-0.05, 0) is 35.9 Å². The Bertz CT molecular complexity index is 662. The first-order valence-corrected chi connectivity index (χ1v) is 7.74. The SMILES string of the molecule is O=C(C[C@@H](NCc1cccnc1)C(=O)O)Nc1ccc(Br)cc1. The molecule has 2 rings (SSSR count). The Morgan fingerprint density at radius 3 is 2.57 bits per heavy atom. The molecule has 0 fully saturated rings. The van der Waals surface area contributed by atoms with Crippen LogP contribution in [-0.4, -0.2) is 28.0 Å². The van der Waals surface area contributed by atoms with Crippen LogP contribution in [0.15, 0.2) is 53.3 Å². The first-order valence-electron chi connectivity index (χ1n) is 6.95. The monoisotopic (exact) mass is 377 g/mol. The van der Waals surface area contributed by atoms with Gasteiger partial charge in [-0.3, -0.25) is 19.9 Å². The highest BCUT2D eigenvalue weighted by molar-refractivity contribution is 9.10. The lowest BCUT2D eigenvalue weighted by molar-refractivity contribution is -0.141. The zero-order valence-corrected chi connectivity index (χ0v) is 13.8. The van der Waals surface area contributed by atoms with Gasteiger partial charge in [0, 0.05) is 29.1 Å². The van der Waals surface area contributed by atoms with Crippen molar-refractivity contribution >= 4 is 33.5 Å². The molecule has 0 aliphatic heterocycles. The molecular weight excluding hydrogens is 362 g/mol. The van der Waals surface area contributed by atoms with Crippen LogP contribution in [0.5, 0.6) is 0 Å². The summed E-state index contributed by atoms with van der Waals surface area (Å²) in [4.78, 5) is 27.2.